The van der Waals surface area contributed by atoms with Crippen molar-refractivity contribution in [3.05, 3.63) is 23.7 Å². The van der Waals surface area contributed by atoms with Gasteiger partial charge in [0.25, 0.3) is 0 Å². The first-order valence-corrected chi connectivity index (χ1v) is 7.01. The van der Waals surface area contributed by atoms with Crippen LogP contribution < -0.4 is 10.4 Å². The normalized spacial score (nSPS) is 35.5. The van der Waals surface area contributed by atoms with E-state index in [9.17, 15) is 14.7 Å². The van der Waals surface area contributed by atoms with Gasteiger partial charge in [-0.15, -0.1) is 11.3 Å². The zero-order valence-electron chi connectivity index (χ0n) is 10.3. The van der Waals surface area contributed by atoms with Crippen LogP contribution in [0.2, 0.25) is 0 Å². The Hall–Kier alpha value is -1.69. The number of hydrogen-bond acceptors (Lipinski definition) is 5. The van der Waals surface area contributed by atoms with E-state index in [4.69, 9.17) is 0 Å². The maximum absolute atomic E-state index is 12.4. The summed E-state index contributed by atoms with van der Waals surface area (Å²) in [5.74, 6) is -2.15. The standard InChI is InChI=1S/C13H14N2O3S/c1-13(11(17)18)8-3-2-7(6-8)9(13)10(16)15-12-14-4-5-19-12/h2-5,7-9H,6H2,1H3,(H,17,18)(H,14,15,16)/p-1/t7-,8+,9+,13-/m0/s1. The maximum atomic E-state index is 12.4. The Bertz CT molecular complexity index is 554. The molecule has 0 radical (unpaired) electrons. The number of anilines is 1. The minimum absolute atomic E-state index is 0.0205. The predicted octanol–water partition coefficient (Wildman–Crippen LogP) is 0.660. The van der Waals surface area contributed by atoms with Gasteiger partial charge in [-0.05, 0) is 18.3 Å². The number of allylic oxidation sites excluding steroid dienone is 2. The Morgan fingerprint density at radius 2 is 2.32 bits per heavy atom. The van der Waals surface area contributed by atoms with Crippen LogP contribution in [0, 0.1) is 23.2 Å². The molecule has 1 saturated carbocycles. The molecule has 2 bridgehead atoms. The van der Waals surface area contributed by atoms with Gasteiger partial charge in [-0.3, -0.25) is 4.79 Å². The van der Waals surface area contributed by atoms with Gasteiger partial charge >= 0.3 is 0 Å². The van der Waals surface area contributed by atoms with Crippen molar-refractivity contribution in [1.29, 1.82) is 0 Å². The summed E-state index contributed by atoms with van der Waals surface area (Å²) < 4.78 is 0. The van der Waals surface area contributed by atoms with Gasteiger partial charge in [-0.2, -0.15) is 0 Å². The zero-order chi connectivity index (χ0) is 13.6. The fourth-order valence-corrected chi connectivity index (χ4v) is 3.84. The second-order valence-corrected chi connectivity index (χ2v) is 6.16. The smallest absolute Gasteiger partial charge is 0.230 e. The van der Waals surface area contributed by atoms with E-state index in [-0.39, 0.29) is 17.7 Å². The van der Waals surface area contributed by atoms with E-state index in [0.29, 0.717) is 11.6 Å². The van der Waals surface area contributed by atoms with E-state index in [1.165, 1.54) is 11.3 Å². The molecule has 19 heavy (non-hydrogen) atoms. The molecule has 0 aliphatic heterocycles. The molecule has 1 N–H and O–H groups in total. The van der Waals surface area contributed by atoms with Crippen LogP contribution in [0.1, 0.15) is 13.3 Å². The number of nitrogens with zero attached hydrogens (tertiary/aromatic N) is 1. The lowest BCUT2D eigenvalue weighted by Gasteiger charge is -2.38. The number of nitrogens with one attached hydrogen (secondary N) is 1. The largest absolute Gasteiger partial charge is 0.550 e. The second-order valence-electron chi connectivity index (χ2n) is 5.27. The number of aliphatic carboxylic acids is 1. The highest BCUT2D eigenvalue weighted by Crippen LogP contribution is 2.56. The van der Waals surface area contributed by atoms with Gasteiger partial charge in [-0.25, -0.2) is 4.98 Å². The van der Waals surface area contributed by atoms with Gasteiger partial charge in [0.2, 0.25) is 5.91 Å². The van der Waals surface area contributed by atoms with Crippen LogP contribution in [0.4, 0.5) is 5.13 Å². The van der Waals surface area contributed by atoms with E-state index >= 15 is 0 Å². The number of carbonyl (C=O) groups is 2. The number of fused-ring (bicyclic) bond motifs is 2. The van der Waals surface area contributed by atoms with Gasteiger partial charge in [-0.1, -0.05) is 19.1 Å². The highest BCUT2D eigenvalue weighted by Gasteiger charge is 2.57. The van der Waals surface area contributed by atoms with Crippen LogP contribution in [0.3, 0.4) is 0 Å². The molecule has 0 spiro atoms. The molecule has 0 unspecified atom stereocenters. The van der Waals surface area contributed by atoms with Crippen LogP contribution in [-0.4, -0.2) is 16.9 Å². The van der Waals surface area contributed by atoms with E-state index < -0.39 is 17.3 Å². The number of thiazole rings is 1. The maximum Gasteiger partial charge on any atom is 0.230 e. The number of hydrogen-bond donors (Lipinski definition) is 1. The molecular formula is C13H13N2O3S-. The lowest BCUT2D eigenvalue weighted by atomic mass is 9.69. The molecule has 2 aliphatic carbocycles. The van der Waals surface area contributed by atoms with Gasteiger partial charge in [0, 0.05) is 23.0 Å². The number of carbonyl (C=O) groups excluding carboxylic acids is 2. The van der Waals surface area contributed by atoms with E-state index in [2.05, 4.69) is 10.3 Å². The van der Waals surface area contributed by atoms with E-state index in [1.54, 1.807) is 18.5 Å². The Kier molecular flexibility index (Phi) is 2.70. The van der Waals surface area contributed by atoms with Crippen molar-refractivity contribution in [3.63, 3.8) is 0 Å². The molecule has 1 aromatic rings. The second kappa shape index (κ2) is 4.16. The molecule has 100 valence electrons. The first-order chi connectivity index (χ1) is 9.03. The average molecular weight is 277 g/mol. The molecule has 1 aromatic heterocycles. The van der Waals surface area contributed by atoms with Crippen LogP contribution in [0.25, 0.3) is 0 Å². The summed E-state index contributed by atoms with van der Waals surface area (Å²) >= 11 is 1.31. The minimum Gasteiger partial charge on any atom is -0.550 e. The summed E-state index contributed by atoms with van der Waals surface area (Å²) in [6.07, 6.45) is 6.15. The monoisotopic (exact) mass is 277 g/mol. The lowest BCUT2D eigenvalue weighted by molar-refractivity contribution is -0.321. The van der Waals surface area contributed by atoms with E-state index in [0.717, 1.165) is 0 Å². The third kappa shape index (κ3) is 1.70. The van der Waals surface area contributed by atoms with Gasteiger partial charge in [0.1, 0.15) is 0 Å². The fraction of sp³-hybridized carbons (Fsp3) is 0.462. The number of rotatable bonds is 3. The summed E-state index contributed by atoms with van der Waals surface area (Å²) in [6, 6.07) is 0. The molecule has 6 heteroatoms. The molecule has 4 atom stereocenters. The van der Waals surface area contributed by atoms with Crippen LogP contribution >= 0.6 is 11.3 Å². The minimum atomic E-state index is -1.15. The van der Waals surface area contributed by atoms with Gasteiger partial charge in [0.15, 0.2) is 5.13 Å². The summed E-state index contributed by atoms with van der Waals surface area (Å²) in [5.41, 5.74) is -1.12. The van der Waals surface area contributed by atoms with E-state index in [1.807, 2.05) is 12.2 Å². The van der Waals surface area contributed by atoms with Crippen molar-refractivity contribution in [2.24, 2.45) is 23.2 Å². The summed E-state index contributed by atoms with van der Waals surface area (Å²) in [4.78, 5) is 27.8. The van der Waals surface area contributed by atoms with Crippen LogP contribution in [0.5, 0.6) is 0 Å². The fourth-order valence-electron chi connectivity index (χ4n) is 3.31. The predicted molar refractivity (Wildman–Crippen MR) is 68.1 cm³/mol. The molecule has 1 heterocycles. The average Bonchev–Trinajstić information content (AvgIpc) is 3.03. The van der Waals surface area contributed by atoms with Crippen molar-refractivity contribution in [2.75, 3.05) is 5.32 Å². The Labute approximate surface area is 114 Å². The molecule has 3 rings (SSSR count). The van der Waals surface area contributed by atoms with Crippen molar-refractivity contribution in [3.8, 4) is 0 Å². The zero-order valence-corrected chi connectivity index (χ0v) is 11.1. The van der Waals surface area contributed by atoms with Crippen molar-refractivity contribution >= 4 is 28.3 Å². The Morgan fingerprint density at radius 3 is 2.95 bits per heavy atom. The Morgan fingerprint density at radius 1 is 1.53 bits per heavy atom. The third-order valence-electron chi connectivity index (χ3n) is 4.35. The van der Waals surface area contributed by atoms with Gasteiger partial charge in [0.05, 0.1) is 5.92 Å². The summed E-state index contributed by atoms with van der Waals surface area (Å²) in [7, 11) is 0. The molecular weight excluding hydrogens is 264 g/mol. The number of carboxylic acid groups (broad SMARTS) is 1. The highest BCUT2D eigenvalue weighted by molar-refractivity contribution is 7.13. The number of carboxylic acids is 1. The third-order valence-corrected chi connectivity index (χ3v) is 5.03. The van der Waals surface area contributed by atoms with Gasteiger partial charge < -0.3 is 15.2 Å². The topological polar surface area (TPSA) is 82.1 Å². The first kappa shape index (κ1) is 12.3. The molecule has 2 aliphatic rings. The number of amides is 1. The summed E-state index contributed by atoms with van der Waals surface area (Å²) in [5, 5.41) is 16.5. The highest BCUT2D eigenvalue weighted by atomic mass is 32.1. The van der Waals surface area contributed by atoms with Crippen LogP contribution in [0.15, 0.2) is 23.7 Å². The Balaban J connectivity index is 1.88. The molecule has 5 nitrogen and oxygen atoms in total. The SMILES string of the molecule is C[C@]1(C(=O)[O-])[C@@H]2C=C[C@@H](C2)[C@@H]1C(=O)Nc1nccs1. The molecule has 1 fully saturated rings. The molecule has 0 aromatic carbocycles. The molecule has 0 saturated heterocycles. The van der Waals surface area contributed by atoms with Crippen LogP contribution in [-0.2, 0) is 9.59 Å². The summed E-state index contributed by atoms with van der Waals surface area (Å²) in [6.45, 7) is 1.61. The van der Waals surface area contributed by atoms with Crippen molar-refractivity contribution in [1.82, 2.24) is 4.98 Å². The lowest BCUT2D eigenvalue weighted by Crippen LogP contribution is -2.51. The number of aromatic nitrogens is 1. The van der Waals surface area contributed by atoms with Crippen molar-refractivity contribution in [2.45, 2.75) is 13.3 Å². The first-order valence-electron chi connectivity index (χ1n) is 6.13. The molecule has 1 amide bonds. The van der Waals surface area contributed by atoms with Crippen molar-refractivity contribution < 1.29 is 14.7 Å². The quantitative estimate of drug-likeness (QED) is 0.823.